The first kappa shape index (κ1) is 19.9. The highest BCUT2D eigenvalue weighted by Gasteiger charge is 2.37. The lowest BCUT2D eigenvalue weighted by Crippen LogP contribution is -2.59. The molecule has 0 bridgehead atoms. The third-order valence-electron chi connectivity index (χ3n) is 5.53. The topological polar surface area (TPSA) is 79.5 Å². The van der Waals surface area contributed by atoms with E-state index in [0.29, 0.717) is 23.4 Å². The van der Waals surface area contributed by atoms with E-state index in [9.17, 15) is 9.59 Å². The van der Waals surface area contributed by atoms with Gasteiger partial charge < -0.3 is 15.4 Å². The number of ether oxygens (including phenoxy) is 1. The highest BCUT2D eigenvalue weighted by Crippen LogP contribution is 2.43. The van der Waals surface area contributed by atoms with Crippen LogP contribution in [0.5, 0.6) is 5.75 Å². The molecule has 1 saturated carbocycles. The van der Waals surface area contributed by atoms with Crippen molar-refractivity contribution in [2.75, 3.05) is 24.8 Å². The lowest BCUT2D eigenvalue weighted by Gasteiger charge is -2.39. The minimum absolute atomic E-state index is 0.00131. The van der Waals surface area contributed by atoms with Crippen LogP contribution in [0.2, 0.25) is 0 Å². The number of carbonyl (C=O) groups excluding carboxylic acids is 2. The summed E-state index contributed by atoms with van der Waals surface area (Å²) in [4.78, 5) is 24.3. The Morgan fingerprint density at radius 3 is 2.75 bits per heavy atom. The summed E-state index contributed by atoms with van der Waals surface area (Å²) in [6.45, 7) is 0.545. The molecule has 3 N–H and O–H groups in total. The van der Waals surface area contributed by atoms with Crippen LogP contribution in [0.15, 0.2) is 24.3 Å². The fourth-order valence-corrected chi connectivity index (χ4v) is 6.95. The molecule has 4 rings (SSSR count). The fraction of sp³-hybridized carbons (Fsp3) is 0.600. The number of fused-ring (bicyclic) bond motifs is 1. The third-order valence-corrected chi connectivity index (χ3v) is 8.54. The van der Waals surface area contributed by atoms with Crippen molar-refractivity contribution in [2.45, 2.75) is 42.3 Å². The smallest absolute Gasteiger partial charge is 0.258 e. The van der Waals surface area contributed by atoms with Gasteiger partial charge in [-0.3, -0.25) is 14.9 Å². The molecule has 3 fully saturated rings. The first-order valence-corrected chi connectivity index (χ1v) is 12.1. The second-order valence-corrected chi connectivity index (χ2v) is 10.2. The number of amides is 2. The maximum absolute atomic E-state index is 12.3. The van der Waals surface area contributed by atoms with Crippen LogP contribution >= 0.6 is 23.5 Å². The average Bonchev–Trinajstić information content (AvgIpc) is 2.74. The van der Waals surface area contributed by atoms with E-state index < -0.39 is 0 Å². The van der Waals surface area contributed by atoms with Gasteiger partial charge in [0.1, 0.15) is 5.75 Å². The molecule has 2 aliphatic heterocycles. The molecular formula is C20H27N3O3S2. The summed E-state index contributed by atoms with van der Waals surface area (Å²) in [5.74, 6) is 3.05. The van der Waals surface area contributed by atoms with E-state index in [4.69, 9.17) is 4.74 Å². The third kappa shape index (κ3) is 4.96. The summed E-state index contributed by atoms with van der Waals surface area (Å²) in [6.07, 6.45) is 3.76. The van der Waals surface area contributed by atoms with Gasteiger partial charge >= 0.3 is 0 Å². The Morgan fingerprint density at radius 2 is 1.96 bits per heavy atom. The highest BCUT2D eigenvalue weighted by atomic mass is 32.2. The number of rotatable bonds is 5. The van der Waals surface area contributed by atoms with Crippen molar-refractivity contribution in [3.05, 3.63) is 29.8 Å². The molecule has 2 heterocycles. The van der Waals surface area contributed by atoms with Crippen LogP contribution in [-0.4, -0.2) is 48.7 Å². The second-order valence-electron chi connectivity index (χ2n) is 7.50. The number of nitrogens with one attached hydrogen (secondary N) is 3. The number of benzene rings is 1. The van der Waals surface area contributed by atoms with Crippen molar-refractivity contribution >= 4 is 35.3 Å². The van der Waals surface area contributed by atoms with Crippen molar-refractivity contribution < 1.29 is 14.3 Å². The van der Waals surface area contributed by atoms with Gasteiger partial charge in [0.15, 0.2) is 6.61 Å². The van der Waals surface area contributed by atoms with E-state index in [1.54, 1.807) is 0 Å². The first-order valence-electron chi connectivity index (χ1n) is 9.95. The number of thioether (sulfide) groups is 2. The van der Waals surface area contributed by atoms with E-state index in [0.717, 1.165) is 12.8 Å². The predicted molar refractivity (Wildman–Crippen MR) is 113 cm³/mol. The molecule has 1 aliphatic carbocycles. The van der Waals surface area contributed by atoms with E-state index in [2.05, 4.69) is 28.1 Å². The van der Waals surface area contributed by atoms with Gasteiger partial charge in [0, 0.05) is 12.1 Å². The van der Waals surface area contributed by atoms with Crippen molar-refractivity contribution in [1.82, 2.24) is 16.0 Å². The predicted octanol–water partition coefficient (Wildman–Crippen LogP) is 2.26. The summed E-state index contributed by atoms with van der Waals surface area (Å²) in [7, 11) is 0. The average molecular weight is 422 g/mol. The maximum atomic E-state index is 12.3. The van der Waals surface area contributed by atoms with E-state index >= 15 is 0 Å². The van der Waals surface area contributed by atoms with Gasteiger partial charge in [0.05, 0.1) is 17.2 Å². The zero-order valence-electron chi connectivity index (χ0n) is 15.8. The number of carbonyl (C=O) groups is 2. The minimum Gasteiger partial charge on any atom is -0.484 e. The molecule has 1 aromatic carbocycles. The molecule has 1 aromatic rings. The summed E-state index contributed by atoms with van der Waals surface area (Å²) < 4.78 is 6.17. The monoisotopic (exact) mass is 421 g/mol. The van der Waals surface area contributed by atoms with Gasteiger partial charge in [0.25, 0.3) is 5.91 Å². The Balaban J connectivity index is 1.22. The Kier molecular flexibility index (Phi) is 6.69. The SMILES string of the molecule is O=C(COc1ccc(C2SCCCS2)cc1)NC1CCC2NCNC(=O)C2C1. The van der Waals surface area contributed by atoms with Gasteiger partial charge in [-0.2, -0.15) is 0 Å². The fourth-order valence-electron chi connectivity index (χ4n) is 4.06. The highest BCUT2D eigenvalue weighted by molar-refractivity contribution is 8.16. The van der Waals surface area contributed by atoms with Gasteiger partial charge in [-0.25, -0.2) is 0 Å². The Labute approximate surface area is 174 Å². The number of hydrogen-bond acceptors (Lipinski definition) is 6. The molecule has 2 amide bonds. The molecular weight excluding hydrogens is 394 g/mol. The van der Waals surface area contributed by atoms with Crippen LogP contribution in [-0.2, 0) is 9.59 Å². The maximum Gasteiger partial charge on any atom is 0.258 e. The van der Waals surface area contributed by atoms with Crippen molar-refractivity contribution in [2.24, 2.45) is 5.92 Å². The molecule has 3 unspecified atom stereocenters. The molecule has 152 valence electrons. The molecule has 3 aliphatic rings. The zero-order chi connectivity index (χ0) is 19.3. The van der Waals surface area contributed by atoms with Crippen molar-refractivity contribution in [1.29, 1.82) is 0 Å². The van der Waals surface area contributed by atoms with E-state index in [-0.39, 0.29) is 36.4 Å². The summed E-state index contributed by atoms with van der Waals surface area (Å²) in [6, 6.07) is 8.35. The molecule has 0 spiro atoms. The van der Waals surface area contributed by atoms with Crippen LogP contribution < -0.4 is 20.7 Å². The molecule has 6 nitrogen and oxygen atoms in total. The Hall–Kier alpha value is -1.38. The van der Waals surface area contributed by atoms with Gasteiger partial charge in [-0.05, 0) is 54.9 Å². The largest absolute Gasteiger partial charge is 0.484 e. The van der Waals surface area contributed by atoms with Gasteiger partial charge in [-0.15, -0.1) is 23.5 Å². The molecule has 2 saturated heterocycles. The van der Waals surface area contributed by atoms with E-state index in [1.807, 2.05) is 35.7 Å². The molecule has 0 radical (unpaired) electrons. The normalized spacial score (nSPS) is 28.1. The molecule has 8 heteroatoms. The van der Waals surface area contributed by atoms with E-state index in [1.165, 1.54) is 23.5 Å². The van der Waals surface area contributed by atoms with Crippen LogP contribution in [0.25, 0.3) is 0 Å². The summed E-state index contributed by atoms with van der Waals surface area (Å²) in [5, 5.41) is 9.19. The van der Waals surface area contributed by atoms with Gasteiger partial charge in [-0.1, -0.05) is 12.1 Å². The standard InChI is InChI=1S/C20H27N3O3S2/c24-18(23-14-4-7-17-16(10-14)19(25)22-12-21-17)11-26-15-5-2-13(3-6-15)20-27-8-1-9-28-20/h2-3,5-6,14,16-17,20-21H,1,4,7-12H2,(H,22,25)(H,23,24). The minimum atomic E-state index is -0.130. The van der Waals surface area contributed by atoms with Crippen molar-refractivity contribution in [3.63, 3.8) is 0 Å². The molecule has 0 aromatic heterocycles. The number of hydrogen-bond donors (Lipinski definition) is 3. The summed E-state index contributed by atoms with van der Waals surface area (Å²) >= 11 is 3.99. The van der Waals surface area contributed by atoms with Crippen LogP contribution in [0.3, 0.4) is 0 Å². The first-order chi connectivity index (χ1) is 13.7. The zero-order valence-corrected chi connectivity index (χ0v) is 17.4. The van der Waals surface area contributed by atoms with Crippen molar-refractivity contribution in [3.8, 4) is 5.75 Å². The molecule has 28 heavy (non-hydrogen) atoms. The summed E-state index contributed by atoms with van der Waals surface area (Å²) in [5.41, 5.74) is 1.31. The Bertz CT molecular complexity index is 694. The lowest BCUT2D eigenvalue weighted by atomic mass is 9.80. The Morgan fingerprint density at radius 1 is 1.18 bits per heavy atom. The van der Waals surface area contributed by atoms with Gasteiger partial charge in [0.2, 0.25) is 5.91 Å². The molecule has 3 atom stereocenters. The quantitative estimate of drug-likeness (QED) is 0.677. The van der Waals surface area contributed by atoms with Crippen LogP contribution in [0.1, 0.15) is 35.8 Å². The second kappa shape index (κ2) is 9.41. The van der Waals surface area contributed by atoms with Crippen LogP contribution in [0, 0.1) is 5.92 Å². The van der Waals surface area contributed by atoms with Crippen LogP contribution in [0.4, 0.5) is 0 Å². The lowest BCUT2D eigenvalue weighted by molar-refractivity contribution is -0.131.